The van der Waals surface area contributed by atoms with Crippen molar-refractivity contribution < 1.29 is 4.79 Å². The van der Waals surface area contributed by atoms with E-state index in [0.717, 1.165) is 16.6 Å². The van der Waals surface area contributed by atoms with Crippen LogP contribution in [0.3, 0.4) is 0 Å². The first-order chi connectivity index (χ1) is 13.9. The third-order valence-corrected chi connectivity index (χ3v) is 5.46. The maximum Gasteiger partial charge on any atom is 0.255 e. The Morgan fingerprint density at radius 2 is 1.62 bits per heavy atom. The summed E-state index contributed by atoms with van der Waals surface area (Å²) in [6, 6.07) is 15.5. The maximum absolute atomic E-state index is 12.6. The smallest absolute Gasteiger partial charge is 0.255 e. The number of H-pyrrole nitrogens is 1. The Morgan fingerprint density at radius 3 is 2.31 bits per heavy atom. The number of carbonyl (C=O) groups excluding carboxylic acids is 1. The lowest BCUT2D eigenvalue weighted by molar-refractivity contribution is 0.102. The van der Waals surface area contributed by atoms with Crippen LogP contribution in [-0.2, 0) is 6.42 Å². The van der Waals surface area contributed by atoms with Gasteiger partial charge in [-0.1, -0.05) is 52.5 Å². The van der Waals surface area contributed by atoms with E-state index in [1.54, 1.807) is 54.6 Å². The van der Waals surface area contributed by atoms with Gasteiger partial charge in [-0.15, -0.1) is 0 Å². The van der Waals surface area contributed by atoms with Crippen LogP contribution in [0.2, 0.25) is 20.1 Å². The van der Waals surface area contributed by atoms with Crippen LogP contribution in [-0.4, -0.2) is 15.9 Å². The monoisotopic (exact) mass is 463 g/mol. The number of fused-ring (bicyclic) bond motifs is 1. The molecule has 0 saturated heterocycles. The molecule has 2 N–H and O–H groups in total. The summed E-state index contributed by atoms with van der Waals surface area (Å²) in [5.41, 5.74) is 3.27. The normalized spacial score (nSPS) is 11.0. The molecule has 4 aromatic rings. The van der Waals surface area contributed by atoms with Gasteiger partial charge in [-0.05, 0) is 54.1 Å². The first kappa shape index (κ1) is 20.0. The third-order valence-electron chi connectivity index (χ3n) is 4.32. The van der Waals surface area contributed by atoms with Crippen molar-refractivity contribution in [3.05, 3.63) is 91.6 Å². The molecule has 3 aromatic carbocycles. The molecule has 0 aliphatic rings. The van der Waals surface area contributed by atoms with Crippen LogP contribution in [0.4, 0.5) is 5.69 Å². The number of hydrogen-bond donors (Lipinski definition) is 2. The Labute approximate surface area is 186 Å². The van der Waals surface area contributed by atoms with E-state index in [0.29, 0.717) is 43.6 Å². The molecule has 0 spiro atoms. The highest BCUT2D eigenvalue weighted by Crippen LogP contribution is 2.27. The summed E-state index contributed by atoms with van der Waals surface area (Å²) >= 11 is 24.5. The van der Waals surface area contributed by atoms with Gasteiger partial charge >= 0.3 is 0 Å². The first-order valence-electron chi connectivity index (χ1n) is 8.58. The van der Waals surface area contributed by atoms with E-state index in [1.165, 1.54) is 0 Å². The Balaban J connectivity index is 1.59. The summed E-state index contributed by atoms with van der Waals surface area (Å²) in [5, 5.41) is 4.84. The van der Waals surface area contributed by atoms with Gasteiger partial charge in [0, 0.05) is 37.8 Å². The van der Waals surface area contributed by atoms with Crippen molar-refractivity contribution in [1.29, 1.82) is 0 Å². The number of nitrogens with one attached hydrogen (secondary N) is 2. The summed E-state index contributed by atoms with van der Waals surface area (Å²) in [4.78, 5) is 20.4. The number of nitrogens with zero attached hydrogens (tertiary/aromatic N) is 1. The van der Waals surface area contributed by atoms with Gasteiger partial charge in [0.2, 0.25) is 0 Å². The van der Waals surface area contributed by atoms with Crippen molar-refractivity contribution in [2.45, 2.75) is 6.42 Å². The number of imidazole rings is 1. The number of carbonyl (C=O) groups is 1. The van der Waals surface area contributed by atoms with Crippen LogP contribution >= 0.6 is 46.4 Å². The van der Waals surface area contributed by atoms with E-state index in [9.17, 15) is 4.79 Å². The molecule has 1 heterocycles. The number of aromatic nitrogens is 2. The van der Waals surface area contributed by atoms with Gasteiger partial charge < -0.3 is 10.3 Å². The van der Waals surface area contributed by atoms with Crippen molar-refractivity contribution in [1.82, 2.24) is 9.97 Å². The molecular weight excluding hydrogens is 452 g/mol. The van der Waals surface area contributed by atoms with E-state index < -0.39 is 0 Å². The summed E-state index contributed by atoms with van der Waals surface area (Å²) in [6.45, 7) is 0. The molecule has 8 heteroatoms. The number of benzene rings is 3. The Hall–Kier alpha value is -2.24. The number of anilines is 1. The van der Waals surface area contributed by atoms with Crippen molar-refractivity contribution in [3.8, 4) is 0 Å². The molecule has 0 unspecified atom stereocenters. The lowest BCUT2D eigenvalue weighted by Gasteiger charge is -2.06. The van der Waals surface area contributed by atoms with E-state index in [2.05, 4.69) is 15.3 Å². The summed E-state index contributed by atoms with van der Waals surface area (Å²) in [7, 11) is 0. The van der Waals surface area contributed by atoms with Crippen LogP contribution in [0.5, 0.6) is 0 Å². The molecule has 29 heavy (non-hydrogen) atoms. The fourth-order valence-corrected chi connectivity index (χ4v) is 4.04. The number of amides is 1. The van der Waals surface area contributed by atoms with Gasteiger partial charge in [0.25, 0.3) is 5.91 Å². The van der Waals surface area contributed by atoms with Crippen molar-refractivity contribution in [2.24, 2.45) is 0 Å². The molecule has 4 rings (SSSR count). The quantitative estimate of drug-likeness (QED) is 0.341. The van der Waals surface area contributed by atoms with Gasteiger partial charge in [-0.25, -0.2) is 4.98 Å². The van der Waals surface area contributed by atoms with Crippen LogP contribution in [0.15, 0.2) is 54.6 Å². The Kier molecular flexibility index (Phi) is 5.70. The highest BCUT2D eigenvalue weighted by Gasteiger charge is 2.13. The molecule has 146 valence electrons. The van der Waals surface area contributed by atoms with E-state index in [-0.39, 0.29) is 5.91 Å². The Morgan fingerprint density at radius 1 is 0.931 bits per heavy atom. The lowest BCUT2D eigenvalue weighted by Crippen LogP contribution is -2.11. The van der Waals surface area contributed by atoms with Crippen LogP contribution < -0.4 is 5.32 Å². The maximum atomic E-state index is 12.6. The fraction of sp³-hybridized carbons (Fsp3) is 0.0476. The molecule has 4 nitrogen and oxygen atoms in total. The second-order valence-corrected chi connectivity index (χ2v) is 8.09. The molecule has 0 atom stereocenters. The SMILES string of the molecule is O=C(Nc1cc(Cl)cc(Cl)c1)c1ccc2nc(Cc3c(Cl)cccc3Cl)[nH]c2c1. The van der Waals surface area contributed by atoms with Crippen LogP contribution in [0, 0.1) is 0 Å². The second kappa shape index (κ2) is 8.25. The first-order valence-corrected chi connectivity index (χ1v) is 10.1. The topological polar surface area (TPSA) is 57.8 Å². The predicted octanol–water partition coefficient (Wildman–Crippen LogP) is 7.02. The number of aromatic amines is 1. The molecule has 1 amide bonds. The molecule has 1 aromatic heterocycles. The van der Waals surface area contributed by atoms with E-state index in [1.807, 2.05) is 0 Å². The third kappa shape index (κ3) is 4.51. The predicted molar refractivity (Wildman–Crippen MR) is 120 cm³/mol. The largest absolute Gasteiger partial charge is 0.342 e. The van der Waals surface area contributed by atoms with Crippen LogP contribution in [0.1, 0.15) is 21.7 Å². The number of halogens is 4. The minimum absolute atomic E-state index is 0.282. The number of rotatable bonds is 4. The van der Waals surface area contributed by atoms with Gasteiger partial charge in [-0.2, -0.15) is 0 Å². The molecule has 0 fully saturated rings. The molecule has 0 radical (unpaired) electrons. The van der Waals surface area contributed by atoms with Crippen molar-refractivity contribution in [2.75, 3.05) is 5.32 Å². The van der Waals surface area contributed by atoms with Crippen LogP contribution in [0.25, 0.3) is 11.0 Å². The van der Waals surface area contributed by atoms with Gasteiger partial charge in [0.1, 0.15) is 5.82 Å². The molecule has 0 aliphatic heterocycles. The molecular formula is C21H13Cl4N3O. The van der Waals surface area contributed by atoms with Gasteiger partial charge in [-0.3, -0.25) is 4.79 Å². The molecule has 0 aliphatic carbocycles. The van der Waals surface area contributed by atoms with Crippen molar-refractivity contribution in [3.63, 3.8) is 0 Å². The summed E-state index contributed by atoms with van der Waals surface area (Å²) < 4.78 is 0. The zero-order valence-corrected chi connectivity index (χ0v) is 17.8. The Bertz CT molecular complexity index is 1200. The summed E-state index contributed by atoms with van der Waals surface area (Å²) in [5.74, 6) is 0.421. The second-order valence-electron chi connectivity index (χ2n) is 6.40. The number of hydrogen-bond acceptors (Lipinski definition) is 2. The average Bonchev–Trinajstić information content (AvgIpc) is 3.05. The molecule has 0 bridgehead atoms. The summed E-state index contributed by atoms with van der Waals surface area (Å²) in [6.07, 6.45) is 0.454. The minimum atomic E-state index is -0.282. The van der Waals surface area contributed by atoms with E-state index in [4.69, 9.17) is 46.4 Å². The van der Waals surface area contributed by atoms with E-state index >= 15 is 0 Å². The fourth-order valence-electron chi connectivity index (χ4n) is 2.99. The minimum Gasteiger partial charge on any atom is -0.342 e. The highest BCUT2D eigenvalue weighted by atomic mass is 35.5. The van der Waals surface area contributed by atoms with Gasteiger partial charge in [0.05, 0.1) is 11.0 Å². The van der Waals surface area contributed by atoms with Gasteiger partial charge in [0.15, 0.2) is 0 Å². The standard InChI is InChI=1S/C21H13Cl4N3O/c22-12-7-13(23)9-14(8-12)26-21(29)11-4-5-18-19(6-11)28-20(27-18)10-15-16(24)2-1-3-17(15)25/h1-9H,10H2,(H,26,29)(H,27,28). The zero-order valence-electron chi connectivity index (χ0n) is 14.8. The van der Waals surface area contributed by atoms with Crippen molar-refractivity contribution >= 4 is 69.0 Å². The highest BCUT2D eigenvalue weighted by molar-refractivity contribution is 6.36. The average molecular weight is 465 g/mol. The zero-order chi connectivity index (χ0) is 20.5. The lowest BCUT2D eigenvalue weighted by atomic mass is 10.1. The molecule has 0 saturated carbocycles.